The topological polar surface area (TPSA) is 105 Å². The number of hydrogen-bond acceptors (Lipinski definition) is 7. The molecule has 0 aromatic heterocycles. The van der Waals surface area contributed by atoms with Gasteiger partial charge >= 0.3 is 10.1 Å². The molecule has 1 unspecified atom stereocenters. The molecule has 0 saturated carbocycles. The van der Waals surface area contributed by atoms with Crippen molar-refractivity contribution in [2.45, 2.75) is 43.4 Å². The average molecular weight is 615 g/mol. The third kappa shape index (κ3) is 6.72. The summed E-state index contributed by atoms with van der Waals surface area (Å²) in [6.45, 7) is 4.52. The number of benzene rings is 3. The Morgan fingerprint density at radius 2 is 1.74 bits per heavy atom. The summed E-state index contributed by atoms with van der Waals surface area (Å²) >= 11 is 12.5. The molecule has 0 spiro atoms. The molecule has 3 aromatic rings. The van der Waals surface area contributed by atoms with Gasteiger partial charge in [-0.2, -0.15) is 13.5 Å². The molecule has 208 valence electrons. The number of hydrogen-bond donors (Lipinski definition) is 1. The summed E-state index contributed by atoms with van der Waals surface area (Å²) in [6.07, 6.45) is 0.327. The lowest BCUT2D eigenvalue weighted by molar-refractivity contribution is 0.477. The van der Waals surface area contributed by atoms with E-state index in [-0.39, 0.29) is 17.2 Å². The molecular formula is C26H26Cl2FN3O5S2. The number of anilines is 1. The van der Waals surface area contributed by atoms with Gasteiger partial charge in [0.2, 0.25) is 10.0 Å². The van der Waals surface area contributed by atoms with Gasteiger partial charge in [-0.3, -0.25) is 5.01 Å². The van der Waals surface area contributed by atoms with Crippen LogP contribution in [0.2, 0.25) is 10.0 Å². The molecule has 39 heavy (non-hydrogen) atoms. The quantitative estimate of drug-likeness (QED) is 0.304. The molecule has 1 aliphatic heterocycles. The lowest BCUT2D eigenvalue weighted by Gasteiger charge is -2.25. The lowest BCUT2D eigenvalue weighted by atomic mass is 10.0. The van der Waals surface area contributed by atoms with E-state index < -0.39 is 37.3 Å². The number of halogens is 3. The van der Waals surface area contributed by atoms with Crippen molar-refractivity contribution in [3.63, 3.8) is 0 Å². The molecule has 0 fully saturated rings. The molecule has 0 radical (unpaired) electrons. The Labute approximate surface area is 237 Å². The molecule has 1 aliphatic rings. The van der Waals surface area contributed by atoms with Crippen LogP contribution >= 0.6 is 23.2 Å². The van der Waals surface area contributed by atoms with Gasteiger partial charge in [0.25, 0.3) is 0 Å². The van der Waals surface area contributed by atoms with E-state index in [9.17, 15) is 21.2 Å². The number of aryl methyl sites for hydroxylation is 1. The maximum absolute atomic E-state index is 13.7. The zero-order valence-corrected chi connectivity index (χ0v) is 24.4. The molecule has 1 atom stereocenters. The van der Waals surface area contributed by atoms with E-state index in [1.54, 1.807) is 54.4 Å². The van der Waals surface area contributed by atoms with Crippen LogP contribution in [-0.4, -0.2) is 34.3 Å². The third-order valence-electron chi connectivity index (χ3n) is 6.09. The molecule has 0 amide bonds. The van der Waals surface area contributed by atoms with E-state index in [2.05, 4.69) is 9.82 Å². The van der Waals surface area contributed by atoms with Crippen molar-refractivity contribution in [1.82, 2.24) is 4.72 Å². The van der Waals surface area contributed by atoms with E-state index in [4.69, 9.17) is 27.4 Å². The number of rotatable bonds is 9. The second-order valence-corrected chi connectivity index (χ2v) is 13.9. The Balaban J connectivity index is 1.61. The van der Waals surface area contributed by atoms with Gasteiger partial charge in [0.1, 0.15) is 11.6 Å². The zero-order chi connectivity index (χ0) is 28.5. The fourth-order valence-corrected chi connectivity index (χ4v) is 6.26. The minimum Gasteiger partial charge on any atom is -0.382 e. The first-order valence-corrected chi connectivity index (χ1v) is 15.6. The van der Waals surface area contributed by atoms with Crippen LogP contribution in [0.3, 0.4) is 0 Å². The van der Waals surface area contributed by atoms with E-state index in [0.717, 1.165) is 11.6 Å². The van der Waals surface area contributed by atoms with Crippen LogP contribution in [0.4, 0.5) is 10.1 Å². The maximum Gasteiger partial charge on any atom is 0.311 e. The summed E-state index contributed by atoms with van der Waals surface area (Å²) in [6, 6.07) is 14.6. The Morgan fingerprint density at radius 1 is 1.05 bits per heavy atom. The van der Waals surface area contributed by atoms with Gasteiger partial charge in [-0.15, -0.1) is 0 Å². The van der Waals surface area contributed by atoms with Crippen LogP contribution in [0, 0.1) is 12.7 Å². The third-order valence-corrected chi connectivity index (χ3v) is 9.75. The van der Waals surface area contributed by atoms with Gasteiger partial charge < -0.3 is 4.18 Å². The first-order chi connectivity index (χ1) is 18.3. The van der Waals surface area contributed by atoms with Crippen molar-refractivity contribution in [3.8, 4) is 5.75 Å². The molecular weight excluding hydrogens is 588 g/mol. The van der Waals surface area contributed by atoms with Crippen molar-refractivity contribution in [2.75, 3.05) is 11.6 Å². The highest BCUT2D eigenvalue weighted by Crippen LogP contribution is 2.40. The summed E-state index contributed by atoms with van der Waals surface area (Å²) < 4.78 is 71.5. The normalized spacial score (nSPS) is 16.0. The average Bonchev–Trinajstić information content (AvgIpc) is 3.28. The van der Waals surface area contributed by atoms with Crippen molar-refractivity contribution < 1.29 is 25.4 Å². The van der Waals surface area contributed by atoms with Crippen LogP contribution in [0.25, 0.3) is 0 Å². The molecule has 8 nitrogen and oxygen atoms in total. The van der Waals surface area contributed by atoms with Gasteiger partial charge in [0, 0.05) is 11.4 Å². The van der Waals surface area contributed by atoms with Gasteiger partial charge in [-0.05, 0) is 74.4 Å². The number of sulfonamides is 1. The summed E-state index contributed by atoms with van der Waals surface area (Å²) in [5.41, 5.74) is 2.23. The maximum atomic E-state index is 13.7. The van der Waals surface area contributed by atoms with Crippen molar-refractivity contribution >= 4 is 54.7 Å². The molecule has 0 saturated heterocycles. The first kappa shape index (κ1) is 29.3. The van der Waals surface area contributed by atoms with E-state index in [0.29, 0.717) is 33.4 Å². The fraction of sp³-hybridized carbons (Fsp3) is 0.269. The molecule has 1 heterocycles. The zero-order valence-electron chi connectivity index (χ0n) is 21.2. The number of hydrazone groups is 1. The summed E-state index contributed by atoms with van der Waals surface area (Å²) in [5, 5.41) is 6.39. The monoisotopic (exact) mass is 613 g/mol. The SMILES string of the molecule is Cc1ccc(F)cc1S(=O)(=O)NCC1=NN(c2ccc(Cl)cc2Cl)C(c2ccc(OS(=O)(=O)C(C)C)cc2)C1. The Bertz CT molecular complexity index is 1630. The lowest BCUT2D eigenvalue weighted by Crippen LogP contribution is -2.29. The van der Waals surface area contributed by atoms with Crippen molar-refractivity contribution in [3.05, 3.63) is 87.7 Å². The van der Waals surface area contributed by atoms with E-state index in [1.807, 2.05) is 0 Å². The van der Waals surface area contributed by atoms with Gasteiger partial charge in [0.15, 0.2) is 0 Å². The predicted molar refractivity (Wildman–Crippen MR) is 151 cm³/mol. The van der Waals surface area contributed by atoms with Crippen LogP contribution in [-0.2, 0) is 20.1 Å². The molecule has 3 aromatic carbocycles. The van der Waals surface area contributed by atoms with Crippen LogP contribution in [0.5, 0.6) is 5.75 Å². The van der Waals surface area contributed by atoms with Crippen LogP contribution in [0.15, 0.2) is 70.7 Å². The molecule has 13 heteroatoms. The van der Waals surface area contributed by atoms with E-state index >= 15 is 0 Å². The van der Waals surface area contributed by atoms with Crippen LogP contribution in [0.1, 0.15) is 37.4 Å². The Morgan fingerprint density at radius 3 is 2.38 bits per heavy atom. The highest BCUT2D eigenvalue weighted by atomic mass is 35.5. The summed E-state index contributed by atoms with van der Waals surface area (Å²) in [5.74, 6) is -0.489. The summed E-state index contributed by atoms with van der Waals surface area (Å²) in [4.78, 5) is -0.151. The van der Waals surface area contributed by atoms with Crippen LogP contribution < -0.4 is 13.9 Å². The second kappa shape index (κ2) is 11.4. The fourth-order valence-electron chi connectivity index (χ4n) is 3.92. The standard InChI is InChI=1S/C26H26Cl2FN3O5S2/c1-16(2)39(35,36)37-22-9-5-18(6-10-22)25-14-21(31-32(25)24-11-7-19(27)12-23(24)28)15-30-38(33,34)26-13-20(29)8-4-17(26)3/h4-13,16,25,30H,14-15H2,1-3H3. The number of nitrogens with one attached hydrogen (secondary N) is 1. The molecule has 4 rings (SSSR count). The molecule has 1 N–H and O–H groups in total. The Kier molecular flexibility index (Phi) is 8.58. The van der Waals surface area contributed by atoms with E-state index in [1.165, 1.54) is 26.0 Å². The van der Waals surface area contributed by atoms with Crippen molar-refractivity contribution in [2.24, 2.45) is 5.10 Å². The second-order valence-electron chi connectivity index (χ2n) is 9.25. The Hall–Kier alpha value is -2.70. The van der Waals surface area contributed by atoms with Crippen molar-refractivity contribution in [1.29, 1.82) is 0 Å². The first-order valence-electron chi connectivity index (χ1n) is 11.9. The van der Waals surface area contributed by atoms with Gasteiger partial charge in [-0.25, -0.2) is 17.5 Å². The molecule has 0 aliphatic carbocycles. The molecule has 0 bridgehead atoms. The predicted octanol–water partition coefficient (Wildman–Crippen LogP) is 5.84. The minimum atomic E-state index is -4.02. The summed E-state index contributed by atoms with van der Waals surface area (Å²) in [7, 11) is -7.77. The highest BCUT2D eigenvalue weighted by Gasteiger charge is 2.31. The number of nitrogens with zero attached hydrogens (tertiary/aromatic N) is 2. The largest absolute Gasteiger partial charge is 0.382 e. The highest BCUT2D eigenvalue weighted by molar-refractivity contribution is 7.89. The smallest absolute Gasteiger partial charge is 0.311 e. The van der Waals surface area contributed by atoms with Gasteiger partial charge in [-0.1, -0.05) is 41.4 Å². The minimum absolute atomic E-state index is 0.121. The van der Waals surface area contributed by atoms with Gasteiger partial charge in [0.05, 0.1) is 39.2 Å².